The Kier molecular flexibility index (Phi) is 535. The highest BCUT2D eigenvalue weighted by Crippen LogP contribution is 0.850. The van der Waals surface area contributed by atoms with Gasteiger partial charge in [-0.25, -0.2) is 0 Å². The maximum Gasteiger partial charge on any atom is 0.211 e. The summed E-state index contributed by atoms with van der Waals surface area (Å²) in [5, 5.41) is 0. The summed E-state index contributed by atoms with van der Waals surface area (Å²) in [4.78, 5) is 8.00. The van der Waals surface area contributed by atoms with Gasteiger partial charge >= 0.3 is 0 Å². The molecule has 0 radical (unpaired) electrons. The fourth-order valence-electron chi connectivity index (χ4n) is 0. The van der Waals surface area contributed by atoms with Crippen LogP contribution in [0.25, 0.3) is 0 Å². The summed E-state index contributed by atoms with van der Waals surface area (Å²) in [6.45, 7) is 0. The zero-order valence-electron chi connectivity index (χ0n) is 5.79. The minimum Gasteiger partial charge on any atom is 0.103 e. The Morgan fingerprint density at radius 1 is 0.333 bits per heavy atom. The summed E-state index contributed by atoms with van der Waals surface area (Å²) >= 11 is 0. The SMILES string of the molecule is N=[N+]=N.N=[N+]=N.N=[N+]=N.N=[N+]=N. The van der Waals surface area contributed by atoms with Crippen molar-refractivity contribution in [1.82, 2.24) is 19.6 Å². The van der Waals surface area contributed by atoms with Crippen molar-refractivity contribution < 1.29 is 0 Å². The van der Waals surface area contributed by atoms with Crippen LogP contribution >= 0.6 is 0 Å². The van der Waals surface area contributed by atoms with Gasteiger partial charge in [-0.05, 0) is 0 Å². The molecule has 0 bridgehead atoms. The predicted molar refractivity (Wildman–Crippen MR) is 30.3 cm³/mol. The molecule has 0 aromatic carbocycles. The second-order valence-electron chi connectivity index (χ2n) is 0.447. The molecule has 0 unspecified atom stereocenters. The maximum atomic E-state index is 5.50. The van der Waals surface area contributed by atoms with E-state index in [-0.39, 0.29) is 0 Å². The van der Waals surface area contributed by atoms with Crippen LogP contribution in [-0.2, 0) is 0 Å². The smallest absolute Gasteiger partial charge is 0.103 e. The first-order valence-corrected chi connectivity index (χ1v) is 1.79. The fourth-order valence-corrected chi connectivity index (χ4v) is 0. The molecule has 12 heteroatoms. The van der Waals surface area contributed by atoms with Gasteiger partial charge in [-0.2, -0.15) is 0 Å². The van der Waals surface area contributed by atoms with Crippen LogP contribution in [0.4, 0.5) is 0 Å². The third-order valence-corrected chi connectivity index (χ3v) is 0. The molecule has 0 aromatic rings. The van der Waals surface area contributed by atoms with Gasteiger partial charge in [-0.15, -0.1) is 0 Å². The zero-order chi connectivity index (χ0) is 10.8. The van der Waals surface area contributed by atoms with Gasteiger partial charge in [0.1, 0.15) is 44.2 Å². The molecule has 8 N–H and O–H groups in total. The molecular weight excluding hydrogens is 168 g/mol. The first kappa shape index (κ1) is 22.8. The minimum absolute atomic E-state index is 2.00. The predicted octanol–water partition coefficient (Wildman–Crippen LogP) is 0.462. The van der Waals surface area contributed by atoms with Gasteiger partial charge in [-0.3, -0.25) is 0 Å². The molecule has 64 valence electrons. The molecule has 0 aliphatic rings. The lowest BCUT2D eigenvalue weighted by molar-refractivity contribution is 0.928. The van der Waals surface area contributed by atoms with Crippen LogP contribution in [-0.4, -0.2) is 0 Å². The van der Waals surface area contributed by atoms with Gasteiger partial charge in [0.15, 0.2) is 0 Å². The van der Waals surface area contributed by atoms with Crippen molar-refractivity contribution in [3.05, 3.63) is 0 Å². The van der Waals surface area contributed by atoms with Crippen molar-refractivity contribution in [3.63, 3.8) is 0 Å². The van der Waals surface area contributed by atoms with Crippen LogP contribution in [0.2, 0.25) is 0 Å². The van der Waals surface area contributed by atoms with Gasteiger partial charge in [0.25, 0.3) is 0 Å². The standard InChI is InChI=1S/4H2N3/c4*1-3-2/h4*1-2H/q4*+1. The molecule has 12 nitrogen and oxygen atoms in total. The number of nitrogens with zero attached hydrogens (tertiary/aromatic N) is 4. The summed E-state index contributed by atoms with van der Waals surface area (Å²) in [7, 11) is 0. The van der Waals surface area contributed by atoms with E-state index < -0.39 is 0 Å². The lowest BCUT2D eigenvalue weighted by Gasteiger charge is -0.844. The Morgan fingerprint density at radius 2 is 0.333 bits per heavy atom. The molecule has 0 atom stereocenters. The molecule has 0 saturated heterocycles. The molecule has 0 amide bonds. The van der Waals surface area contributed by atoms with Gasteiger partial charge in [-0.1, -0.05) is 0 Å². The minimum atomic E-state index is 2.00. The highest BCUT2D eigenvalue weighted by Gasteiger charge is 1.17. The van der Waals surface area contributed by atoms with Crippen LogP contribution in [0.5, 0.6) is 0 Å². The number of rotatable bonds is 0. The molecule has 0 rings (SSSR count). The van der Waals surface area contributed by atoms with Crippen molar-refractivity contribution in [2.24, 2.45) is 0 Å². The molecule has 0 aromatic heterocycles. The summed E-state index contributed by atoms with van der Waals surface area (Å²) < 4.78 is 0. The number of nitrogens with one attached hydrogen (secondary N) is 8. The maximum absolute atomic E-state index is 5.50. The van der Waals surface area contributed by atoms with E-state index in [1.165, 1.54) is 0 Å². The molecule has 0 spiro atoms. The van der Waals surface area contributed by atoms with E-state index in [1.807, 2.05) is 19.6 Å². The number of hydrogen-bond acceptors (Lipinski definition) is 8. The molecule has 0 aliphatic carbocycles. The Hall–Kier alpha value is -2.76. The van der Waals surface area contributed by atoms with Crippen LogP contribution in [0.15, 0.2) is 0 Å². The van der Waals surface area contributed by atoms with Crippen molar-refractivity contribution in [1.29, 1.82) is 44.2 Å². The second kappa shape index (κ2) is 281. The lowest BCUT2D eigenvalue weighted by Crippen LogP contribution is -1.24. The molecule has 0 aliphatic heterocycles. The van der Waals surface area contributed by atoms with Crippen LogP contribution in [0.1, 0.15) is 0 Å². The molecule has 0 saturated carbocycles. The topological polar surface area (TPSA) is 247 Å². The van der Waals surface area contributed by atoms with E-state index in [0.29, 0.717) is 0 Å². The summed E-state index contributed by atoms with van der Waals surface area (Å²) in [5.41, 5.74) is 44.0. The molecule has 0 heterocycles. The zero-order valence-corrected chi connectivity index (χ0v) is 5.79. The molecule has 12 heavy (non-hydrogen) atoms. The Morgan fingerprint density at radius 3 is 0.333 bits per heavy atom. The number of hydrogen-bond donors (Lipinski definition) is 8. The summed E-state index contributed by atoms with van der Waals surface area (Å²) in [6.07, 6.45) is 0. The third-order valence-electron chi connectivity index (χ3n) is 0. The Labute approximate surface area is 65.1 Å². The van der Waals surface area contributed by atoms with E-state index in [4.69, 9.17) is 44.2 Å². The van der Waals surface area contributed by atoms with Gasteiger partial charge < -0.3 is 0 Å². The van der Waals surface area contributed by atoms with Gasteiger partial charge in [0.05, 0.1) is 0 Å². The lowest BCUT2D eigenvalue weighted by atomic mass is 13.0. The first-order valence-electron chi connectivity index (χ1n) is 1.79. The Balaban J connectivity index is -0.0000000356. The highest BCUT2D eigenvalue weighted by molar-refractivity contribution is 2.97. The van der Waals surface area contributed by atoms with Gasteiger partial charge in [0.2, 0.25) is 19.6 Å². The monoisotopic (exact) mass is 176 g/mol. The van der Waals surface area contributed by atoms with Gasteiger partial charge in [0, 0.05) is 0 Å². The largest absolute Gasteiger partial charge is 0.211 e. The normalized spacial score (nSPS) is 2.67. The summed E-state index contributed by atoms with van der Waals surface area (Å²) in [6, 6.07) is 0. The van der Waals surface area contributed by atoms with E-state index in [9.17, 15) is 0 Å². The highest BCUT2D eigenvalue weighted by atomic mass is 15.0. The summed E-state index contributed by atoms with van der Waals surface area (Å²) in [5.74, 6) is 0. The van der Waals surface area contributed by atoms with E-state index >= 15 is 0 Å². The fraction of sp³-hybridized carbons (Fsp3) is 0. The van der Waals surface area contributed by atoms with Crippen LogP contribution < -0.4 is 19.6 Å². The van der Waals surface area contributed by atoms with E-state index in [0.717, 1.165) is 0 Å². The Bertz CT molecular complexity index is 132. The van der Waals surface area contributed by atoms with Crippen molar-refractivity contribution in [3.8, 4) is 0 Å². The van der Waals surface area contributed by atoms with Crippen molar-refractivity contribution in [2.45, 2.75) is 0 Å². The van der Waals surface area contributed by atoms with Crippen molar-refractivity contribution in [2.75, 3.05) is 0 Å². The van der Waals surface area contributed by atoms with E-state index in [2.05, 4.69) is 0 Å². The second-order valence-corrected chi connectivity index (χ2v) is 0.447. The first-order chi connectivity index (χ1) is 5.66. The molecular formula is H8N12+4. The van der Waals surface area contributed by atoms with E-state index in [1.54, 1.807) is 0 Å². The van der Waals surface area contributed by atoms with Crippen LogP contribution in [0, 0.1) is 44.2 Å². The quantitative estimate of drug-likeness (QED) is 0.185. The third kappa shape index (κ3) is 37.0. The van der Waals surface area contributed by atoms with Crippen LogP contribution in [0.3, 0.4) is 0 Å². The molecule has 0 fully saturated rings. The average Bonchev–Trinajstić information content (AvgIpc) is 1.92. The average molecular weight is 176 g/mol. The van der Waals surface area contributed by atoms with Crippen molar-refractivity contribution >= 4 is 0 Å².